The third-order valence-electron chi connectivity index (χ3n) is 6.85. The number of allylic oxidation sites excluding steroid dienone is 4. The number of alkyl halides is 3. The number of rotatable bonds is 10. The zero-order chi connectivity index (χ0) is 31.6. The van der Waals surface area contributed by atoms with E-state index in [1.165, 1.54) is 18.2 Å². The highest BCUT2D eigenvalue weighted by atomic mass is 35.5. The molecule has 1 unspecified atom stereocenters. The Balaban J connectivity index is 1.68. The molecule has 4 N–H and O–H groups in total. The number of halogens is 4. The number of hydrogen-bond acceptors (Lipinski definition) is 5. The van der Waals surface area contributed by atoms with Gasteiger partial charge in [0.25, 0.3) is 5.91 Å². The summed E-state index contributed by atoms with van der Waals surface area (Å²) in [6, 6.07) is 10.3. The lowest BCUT2D eigenvalue weighted by molar-refractivity contribution is -0.138. The quantitative estimate of drug-likeness (QED) is 0.224. The number of amides is 1. The van der Waals surface area contributed by atoms with E-state index in [4.69, 9.17) is 17.3 Å². The molecule has 1 heterocycles. The summed E-state index contributed by atoms with van der Waals surface area (Å²) in [5.41, 5.74) is 7.05. The first-order valence-corrected chi connectivity index (χ1v) is 14.2. The number of nitrogens with zero attached hydrogens (tertiary/aromatic N) is 2. The van der Waals surface area contributed by atoms with E-state index in [0.717, 1.165) is 19.2 Å². The van der Waals surface area contributed by atoms with Crippen molar-refractivity contribution in [3.8, 4) is 11.8 Å². The molecule has 2 aromatic rings. The molecule has 1 fully saturated rings. The Labute approximate surface area is 256 Å². The maximum absolute atomic E-state index is 13.9. The number of carbonyl (C=O) groups excluding carboxylic acids is 1. The van der Waals surface area contributed by atoms with Gasteiger partial charge in [-0.1, -0.05) is 54.8 Å². The molecular weight excluding hydrogens is 575 g/mol. The summed E-state index contributed by atoms with van der Waals surface area (Å²) in [6.45, 7) is 12.5. The minimum atomic E-state index is -4.55. The first-order chi connectivity index (χ1) is 20.4. The monoisotopic (exact) mass is 611 g/mol. The number of nitrogens with one attached hydrogen (secondary N) is 2. The van der Waals surface area contributed by atoms with Gasteiger partial charge in [-0.15, -0.1) is 0 Å². The largest absolute Gasteiger partial charge is 0.416 e. The number of carbonyl (C=O) groups is 1. The van der Waals surface area contributed by atoms with E-state index in [0.29, 0.717) is 41.5 Å². The lowest BCUT2D eigenvalue weighted by Gasteiger charge is -2.33. The van der Waals surface area contributed by atoms with Gasteiger partial charge >= 0.3 is 6.18 Å². The number of anilines is 1. The van der Waals surface area contributed by atoms with Crippen LogP contribution in [-0.4, -0.2) is 55.0 Å². The van der Waals surface area contributed by atoms with Crippen molar-refractivity contribution in [1.82, 2.24) is 15.1 Å². The van der Waals surface area contributed by atoms with Crippen LogP contribution in [0.25, 0.3) is 0 Å². The normalized spacial score (nSPS) is 15.9. The van der Waals surface area contributed by atoms with E-state index in [9.17, 15) is 18.0 Å². The third-order valence-corrected chi connectivity index (χ3v) is 7.13. The highest BCUT2D eigenvalue weighted by molar-refractivity contribution is 6.29. The van der Waals surface area contributed by atoms with Crippen LogP contribution in [0, 0.1) is 11.8 Å². The molecule has 43 heavy (non-hydrogen) atoms. The van der Waals surface area contributed by atoms with Crippen LogP contribution < -0.4 is 16.4 Å². The Morgan fingerprint density at radius 2 is 1.81 bits per heavy atom. The molecule has 0 aromatic heterocycles. The molecule has 0 radical (unpaired) electrons. The Morgan fingerprint density at radius 3 is 2.42 bits per heavy atom. The molecule has 1 atom stereocenters. The maximum Gasteiger partial charge on any atom is 0.416 e. The standard InChI is InChI=1S/C33H37ClF3N5O/c1-5-7-28(34)20-23(3)39-31(38)25(6-2)11-8-24-9-12-26(13-10-24)32(43)40-29-15-14-27(30(21-29)33(35,36)37)22-42-18-16-41(4)17-19-42/h5-7,9-10,12-15,21,23,39H,1-2,16-20,22,38H2,3-4H3,(H,40,43)/b28-7+,31-25+. The van der Waals surface area contributed by atoms with Gasteiger partial charge in [0.2, 0.25) is 0 Å². The van der Waals surface area contributed by atoms with E-state index in [-0.39, 0.29) is 29.4 Å². The Morgan fingerprint density at radius 1 is 1.14 bits per heavy atom. The lowest BCUT2D eigenvalue weighted by Crippen LogP contribution is -2.44. The van der Waals surface area contributed by atoms with Crippen LogP contribution >= 0.6 is 11.6 Å². The van der Waals surface area contributed by atoms with Gasteiger partial charge in [0.05, 0.1) is 11.1 Å². The van der Waals surface area contributed by atoms with Crippen molar-refractivity contribution in [2.45, 2.75) is 32.1 Å². The minimum Gasteiger partial charge on any atom is -0.384 e. The van der Waals surface area contributed by atoms with Gasteiger partial charge in [-0.25, -0.2) is 0 Å². The molecule has 0 saturated carbocycles. The van der Waals surface area contributed by atoms with Gasteiger partial charge in [0.1, 0.15) is 5.82 Å². The number of piperazine rings is 1. The zero-order valence-electron chi connectivity index (χ0n) is 24.4. The average Bonchev–Trinajstić information content (AvgIpc) is 2.95. The number of hydrogen-bond donors (Lipinski definition) is 3. The molecule has 2 aromatic carbocycles. The molecule has 10 heteroatoms. The fraction of sp³-hybridized carbons (Fsp3) is 0.303. The fourth-order valence-electron chi connectivity index (χ4n) is 4.46. The minimum absolute atomic E-state index is 0.0568. The Hall–Kier alpha value is -3.97. The molecule has 1 aliphatic rings. The Kier molecular flexibility index (Phi) is 12.1. The van der Waals surface area contributed by atoms with Crippen molar-refractivity contribution in [2.75, 3.05) is 38.5 Å². The maximum atomic E-state index is 13.9. The highest BCUT2D eigenvalue weighted by Gasteiger charge is 2.34. The van der Waals surface area contributed by atoms with E-state index < -0.39 is 17.6 Å². The summed E-state index contributed by atoms with van der Waals surface area (Å²) in [7, 11) is 1.99. The number of benzene rings is 2. The molecule has 1 amide bonds. The summed E-state index contributed by atoms with van der Waals surface area (Å²) in [5.74, 6) is 5.76. The van der Waals surface area contributed by atoms with E-state index in [1.807, 2.05) is 18.9 Å². The summed E-state index contributed by atoms with van der Waals surface area (Å²) in [4.78, 5) is 17.0. The molecule has 1 saturated heterocycles. The van der Waals surface area contributed by atoms with Crippen molar-refractivity contribution in [3.63, 3.8) is 0 Å². The smallest absolute Gasteiger partial charge is 0.384 e. The van der Waals surface area contributed by atoms with Crippen LogP contribution in [0.3, 0.4) is 0 Å². The van der Waals surface area contributed by atoms with Crippen molar-refractivity contribution in [1.29, 1.82) is 0 Å². The van der Waals surface area contributed by atoms with Gasteiger partial charge in [0.15, 0.2) is 0 Å². The van der Waals surface area contributed by atoms with Crippen LogP contribution in [0.1, 0.15) is 40.4 Å². The van der Waals surface area contributed by atoms with Gasteiger partial charge in [0, 0.05) is 67.0 Å². The SMILES string of the molecule is C=C/C=C(/Cl)CC(C)N/C(N)=C(/C#Cc1ccc(C(=O)Nc2ccc(CN3CCN(C)CC3)c(C(F)(F)F)c2)cc1)C=C. The molecular formula is C33H37ClF3N5O. The first-order valence-electron chi connectivity index (χ1n) is 13.8. The van der Waals surface area contributed by atoms with Crippen LogP contribution in [0.4, 0.5) is 18.9 Å². The van der Waals surface area contributed by atoms with Crippen molar-refractivity contribution in [3.05, 3.63) is 113 Å². The van der Waals surface area contributed by atoms with E-state index in [1.54, 1.807) is 36.4 Å². The summed E-state index contributed by atoms with van der Waals surface area (Å²) in [5, 5.41) is 6.36. The van der Waals surface area contributed by atoms with E-state index in [2.05, 4.69) is 40.5 Å². The van der Waals surface area contributed by atoms with Gasteiger partial charge in [-0.2, -0.15) is 13.2 Å². The fourth-order valence-corrected chi connectivity index (χ4v) is 4.78. The highest BCUT2D eigenvalue weighted by Crippen LogP contribution is 2.34. The summed E-state index contributed by atoms with van der Waals surface area (Å²) >= 11 is 6.13. The molecule has 3 rings (SSSR count). The third kappa shape index (κ3) is 10.4. The van der Waals surface area contributed by atoms with Crippen molar-refractivity contribution >= 4 is 23.2 Å². The van der Waals surface area contributed by atoms with Crippen molar-refractivity contribution in [2.24, 2.45) is 5.73 Å². The molecule has 0 spiro atoms. The second-order valence-electron chi connectivity index (χ2n) is 10.4. The van der Waals surface area contributed by atoms with E-state index >= 15 is 0 Å². The summed E-state index contributed by atoms with van der Waals surface area (Å²) in [6.07, 6.45) is 0.864. The predicted molar refractivity (Wildman–Crippen MR) is 168 cm³/mol. The van der Waals surface area contributed by atoms with Crippen LogP contribution in [0.5, 0.6) is 0 Å². The molecule has 228 valence electrons. The van der Waals surface area contributed by atoms with Gasteiger partial charge in [-0.05, 0) is 62.0 Å². The Bertz CT molecular complexity index is 1430. The van der Waals surface area contributed by atoms with Crippen LogP contribution in [0.2, 0.25) is 0 Å². The molecule has 1 aliphatic heterocycles. The van der Waals surface area contributed by atoms with Crippen LogP contribution in [0.15, 0.2) is 90.3 Å². The lowest BCUT2D eigenvalue weighted by atomic mass is 10.0. The average molecular weight is 612 g/mol. The van der Waals surface area contributed by atoms with Gasteiger partial charge < -0.3 is 21.3 Å². The van der Waals surface area contributed by atoms with Gasteiger partial charge in [-0.3, -0.25) is 9.69 Å². The second-order valence-corrected chi connectivity index (χ2v) is 10.8. The summed E-state index contributed by atoms with van der Waals surface area (Å²) < 4.78 is 41.7. The second kappa shape index (κ2) is 15.5. The van der Waals surface area contributed by atoms with Crippen molar-refractivity contribution < 1.29 is 18.0 Å². The molecule has 6 nitrogen and oxygen atoms in total. The zero-order valence-corrected chi connectivity index (χ0v) is 25.2. The first kappa shape index (κ1) is 33.5. The van der Waals surface area contributed by atoms with Crippen LogP contribution in [-0.2, 0) is 12.7 Å². The molecule has 0 bridgehead atoms. The predicted octanol–water partition coefficient (Wildman–Crippen LogP) is 6.09. The molecule has 0 aliphatic carbocycles. The number of likely N-dealkylation sites (N-methyl/N-ethyl adjacent to an activating group) is 1. The topological polar surface area (TPSA) is 73.6 Å². The number of nitrogens with two attached hydrogens (primary N) is 1.